The van der Waals surface area contributed by atoms with Gasteiger partial charge in [-0.1, -0.05) is 36.4 Å². The molecule has 1 aliphatic heterocycles. The molecular formula is C20H22FNO. The lowest BCUT2D eigenvalue weighted by Gasteiger charge is -2.25. The fourth-order valence-corrected chi connectivity index (χ4v) is 3.52. The normalized spacial score (nSPS) is 18.5. The molecule has 23 heavy (non-hydrogen) atoms. The standard InChI is InChI=1S/C20H22FNO/c1-15(23)20-18(21)10-5-11-19(20)22-13-6-9-17(12-14-22)16-7-3-2-4-8-16/h2-5,7-8,10-11,17H,6,9,12-14H2,1H3. The molecule has 1 heterocycles. The SMILES string of the molecule is CC(=O)c1c(F)cccc1N1CCCC(c2ccccc2)CC1. The Hall–Kier alpha value is -2.16. The van der Waals surface area contributed by atoms with Crippen LogP contribution in [-0.2, 0) is 0 Å². The van der Waals surface area contributed by atoms with E-state index in [9.17, 15) is 9.18 Å². The second-order valence-electron chi connectivity index (χ2n) is 6.22. The maximum atomic E-state index is 14.1. The molecule has 0 bridgehead atoms. The molecule has 2 nitrogen and oxygen atoms in total. The largest absolute Gasteiger partial charge is 0.371 e. The van der Waals surface area contributed by atoms with Crippen LogP contribution in [0.5, 0.6) is 0 Å². The number of Topliss-reactive ketones (excluding diaryl/α,β-unsaturated/α-hetero) is 1. The molecule has 120 valence electrons. The van der Waals surface area contributed by atoms with Crippen molar-refractivity contribution in [2.75, 3.05) is 18.0 Å². The quantitative estimate of drug-likeness (QED) is 0.759. The molecule has 0 amide bonds. The monoisotopic (exact) mass is 311 g/mol. The van der Waals surface area contributed by atoms with E-state index in [0.29, 0.717) is 5.92 Å². The highest BCUT2D eigenvalue weighted by atomic mass is 19.1. The van der Waals surface area contributed by atoms with Crippen LogP contribution in [0.3, 0.4) is 0 Å². The van der Waals surface area contributed by atoms with Crippen LogP contribution < -0.4 is 4.90 Å². The van der Waals surface area contributed by atoms with Crippen LogP contribution in [0, 0.1) is 5.82 Å². The Kier molecular flexibility index (Phi) is 4.75. The fourth-order valence-electron chi connectivity index (χ4n) is 3.52. The van der Waals surface area contributed by atoms with Crippen molar-refractivity contribution in [1.29, 1.82) is 0 Å². The average molecular weight is 311 g/mol. The van der Waals surface area contributed by atoms with Crippen molar-refractivity contribution in [1.82, 2.24) is 0 Å². The zero-order valence-corrected chi connectivity index (χ0v) is 13.5. The minimum absolute atomic E-state index is 0.207. The summed E-state index contributed by atoms with van der Waals surface area (Å²) in [5.41, 5.74) is 2.34. The van der Waals surface area contributed by atoms with Crippen molar-refractivity contribution in [3.05, 3.63) is 65.5 Å². The highest BCUT2D eigenvalue weighted by Crippen LogP contribution is 2.32. The topological polar surface area (TPSA) is 20.3 Å². The Morgan fingerprint density at radius 2 is 1.83 bits per heavy atom. The summed E-state index contributed by atoms with van der Waals surface area (Å²) < 4.78 is 14.1. The molecule has 3 rings (SSSR count). The van der Waals surface area contributed by atoms with Gasteiger partial charge >= 0.3 is 0 Å². The van der Waals surface area contributed by atoms with Crippen molar-refractivity contribution < 1.29 is 9.18 Å². The smallest absolute Gasteiger partial charge is 0.164 e. The summed E-state index contributed by atoms with van der Waals surface area (Å²) in [6.45, 7) is 3.16. The van der Waals surface area contributed by atoms with E-state index in [-0.39, 0.29) is 11.3 Å². The Bertz CT molecular complexity index is 683. The summed E-state index contributed by atoms with van der Waals surface area (Å²) in [5.74, 6) is -0.0867. The van der Waals surface area contributed by atoms with Gasteiger partial charge < -0.3 is 4.90 Å². The summed E-state index contributed by atoms with van der Waals surface area (Å²) in [6, 6.07) is 15.5. The molecule has 0 aromatic heterocycles. The molecule has 1 aliphatic rings. The Labute approximate surface area is 136 Å². The van der Waals surface area contributed by atoms with Gasteiger partial charge in [0.05, 0.1) is 11.3 Å². The van der Waals surface area contributed by atoms with Gasteiger partial charge in [-0.2, -0.15) is 0 Å². The molecule has 0 N–H and O–H groups in total. The second-order valence-corrected chi connectivity index (χ2v) is 6.22. The number of anilines is 1. The zero-order valence-electron chi connectivity index (χ0n) is 13.5. The van der Waals surface area contributed by atoms with Gasteiger partial charge in [-0.3, -0.25) is 4.79 Å². The van der Waals surface area contributed by atoms with Gasteiger partial charge in [0.15, 0.2) is 5.78 Å². The third kappa shape index (κ3) is 3.44. The van der Waals surface area contributed by atoms with Crippen molar-refractivity contribution in [2.45, 2.75) is 32.1 Å². The lowest BCUT2D eigenvalue weighted by Crippen LogP contribution is -2.26. The predicted octanol–water partition coefficient (Wildman–Crippen LogP) is 4.80. The van der Waals surface area contributed by atoms with Gasteiger partial charge in [0.1, 0.15) is 5.82 Å². The van der Waals surface area contributed by atoms with Crippen LogP contribution in [0.1, 0.15) is 48.0 Å². The molecule has 1 atom stereocenters. The van der Waals surface area contributed by atoms with E-state index in [2.05, 4.69) is 29.2 Å². The molecule has 0 spiro atoms. The average Bonchev–Trinajstić information content (AvgIpc) is 2.81. The summed E-state index contributed by atoms with van der Waals surface area (Å²) in [7, 11) is 0. The number of hydrogen-bond donors (Lipinski definition) is 0. The van der Waals surface area contributed by atoms with Gasteiger partial charge in [-0.15, -0.1) is 0 Å². The molecule has 0 saturated carbocycles. The first kappa shape index (κ1) is 15.7. The van der Waals surface area contributed by atoms with Crippen LogP contribution in [0.2, 0.25) is 0 Å². The molecular weight excluding hydrogens is 289 g/mol. The molecule has 2 aromatic carbocycles. The van der Waals surface area contributed by atoms with Crippen LogP contribution in [0.15, 0.2) is 48.5 Å². The van der Waals surface area contributed by atoms with Crippen molar-refractivity contribution in [2.24, 2.45) is 0 Å². The van der Waals surface area contributed by atoms with Crippen molar-refractivity contribution in [3.8, 4) is 0 Å². The highest BCUT2D eigenvalue weighted by molar-refractivity contribution is 6.00. The molecule has 0 aliphatic carbocycles. The Balaban J connectivity index is 1.81. The van der Waals surface area contributed by atoms with Gasteiger partial charge in [0.25, 0.3) is 0 Å². The first-order valence-corrected chi connectivity index (χ1v) is 8.26. The number of rotatable bonds is 3. The zero-order chi connectivity index (χ0) is 16.2. The van der Waals surface area contributed by atoms with E-state index >= 15 is 0 Å². The second kappa shape index (κ2) is 6.95. The maximum absolute atomic E-state index is 14.1. The van der Waals surface area contributed by atoms with Crippen LogP contribution >= 0.6 is 0 Å². The maximum Gasteiger partial charge on any atom is 0.164 e. The molecule has 1 saturated heterocycles. The lowest BCUT2D eigenvalue weighted by atomic mass is 9.92. The van der Waals surface area contributed by atoms with Crippen LogP contribution in [-0.4, -0.2) is 18.9 Å². The predicted molar refractivity (Wildman–Crippen MR) is 91.7 cm³/mol. The van der Waals surface area contributed by atoms with Crippen LogP contribution in [0.25, 0.3) is 0 Å². The summed E-state index contributed by atoms with van der Waals surface area (Å²) in [4.78, 5) is 14.0. The van der Waals surface area contributed by atoms with Gasteiger partial charge in [-0.25, -0.2) is 4.39 Å². The third-order valence-electron chi connectivity index (χ3n) is 4.68. The molecule has 1 fully saturated rings. The minimum atomic E-state index is -0.418. The first-order valence-electron chi connectivity index (χ1n) is 8.26. The number of carbonyl (C=O) groups is 1. The van der Waals surface area contributed by atoms with E-state index in [0.717, 1.165) is 38.0 Å². The number of benzene rings is 2. The minimum Gasteiger partial charge on any atom is -0.371 e. The number of nitrogens with zero attached hydrogens (tertiary/aromatic N) is 1. The third-order valence-corrected chi connectivity index (χ3v) is 4.68. The highest BCUT2D eigenvalue weighted by Gasteiger charge is 2.22. The molecule has 1 unspecified atom stereocenters. The Morgan fingerprint density at radius 3 is 2.57 bits per heavy atom. The number of carbonyl (C=O) groups excluding carboxylic acids is 1. The first-order chi connectivity index (χ1) is 11.2. The van der Waals surface area contributed by atoms with Gasteiger partial charge in [-0.05, 0) is 49.8 Å². The fraction of sp³-hybridized carbons (Fsp3) is 0.350. The van der Waals surface area contributed by atoms with Crippen molar-refractivity contribution in [3.63, 3.8) is 0 Å². The summed E-state index contributed by atoms with van der Waals surface area (Å²) >= 11 is 0. The lowest BCUT2D eigenvalue weighted by molar-refractivity contribution is 0.101. The number of hydrogen-bond acceptors (Lipinski definition) is 2. The van der Waals surface area contributed by atoms with E-state index in [1.165, 1.54) is 18.6 Å². The van der Waals surface area contributed by atoms with E-state index in [4.69, 9.17) is 0 Å². The van der Waals surface area contributed by atoms with Gasteiger partial charge in [0.2, 0.25) is 0 Å². The summed E-state index contributed by atoms with van der Waals surface area (Å²) in [5, 5.41) is 0. The molecule has 0 radical (unpaired) electrons. The Morgan fingerprint density at radius 1 is 1.04 bits per heavy atom. The van der Waals surface area contributed by atoms with E-state index in [1.54, 1.807) is 6.07 Å². The molecule has 3 heteroatoms. The molecule has 2 aromatic rings. The van der Waals surface area contributed by atoms with Crippen LogP contribution in [0.4, 0.5) is 10.1 Å². The summed E-state index contributed by atoms with van der Waals surface area (Å²) in [6.07, 6.45) is 3.20. The van der Waals surface area contributed by atoms with E-state index < -0.39 is 5.82 Å². The van der Waals surface area contributed by atoms with Gasteiger partial charge in [0, 0.05) is 13.1 Å². The van der Waals surface area contributed by atoms with Crippen molar-refractivity contribution >= 4 is 11.5 Å². The number of halogens is 1. The van der Waals surface area contributed by atoms with E-state index in [1.807, 2.05) is 12.1 Å². The number of ketones is 1.